The second-order valence-electron chi connectivity index (χ2n) is 8.16. The second-order valence-corrected chi connectivity index (χ2v) is 9.10. The number of aliphatic imine (C=N–C) groups is 1. The summed E-state index contributed by atoms with van der Waals surface area (Å²) in [6.07, 6.45) is 6.96. The van der Waals surface area contributed by atoms with Crippen LogP contribution in [0, 0.1) is 5.41 Å². The van der Waals surface area contributed by atoms with Crippen molar-refractivity contribution in [3.8, 4) is 0 Å². The van der Waals surface area contributed by atoms with Crippen LogP contribution in [-0.4, -0.2) is 36.0 Å². The summed E-state index contributed by atoms with van der Waals surface area (Å²) >= 11 is 1.74. The van der Waals surface area contributed by atoms with Gasteiger partial charge in [0.15, 0.2) is 5.96 Å². The molecular formula is C18H31IN4S. The van der Waals surface area contributed by atoms with Gasteiger partial charge in [-0.2, -0.15) is 0 Å². The third-order valence-electron chi connectivity index (χ3n) is 5.33. The lowest BCUT2D eigenvalue weighted by atomic mass is 9.86. The lowest BCUT2D eigenvalue weighted by Gasteiger charge is -2.25. The van der Waals surface area contributed by atoms with E-state index in [4.69, 9.17) is 4.98 Å². The smallest absolute Gasteiger partial charge is 0.194 e. The maximum Gasteiger partial charge on any atom is 0.194 e. The van der Waals surface area contributed by atoms with E-state index in [-0.39, 0.29) is 29.4 Å². The van der Waals surface area contributed by atoms with E-state index in [1.165, 1.54) is 44.3 Å². The summed E-state index contributed by atoms with van der Waals surface area (Å²) in [5, 5.41) is 6.85. The van der Waals surface area contributed by atoms with Crippen LogP contribution < -0.4 is 5.32 Å². The first-order valence-corrected chi connectivity index (χ1v) is 9.70. The average Bonchev–Trinajstić information content (AvgIpc) is 3.22. The maximum absolute atomic E-state index is 4.77. The first-order chi connectivity index (χ1) is 10.9. The normalized spacial score (nSPS) is 20.5. The van der Waals surface area contributed by atoms with Crippen molar-refractivity contribution >= 4 is 41.3 Å². The molecule has 136 valence electrons. The summed E-state index contributed by atoms with van der Waals surface area (Å²) < 4.78 is 0. The molecule has 0 bridgehead atoms. The molecule has 24 heavy (non-hydrogen) atoms. The molecule has 4 nitrogen and oxygen atoms in total. The molecule has 0 radical (unpaired) electrons. The summed E-state index contributed by atoms with van der Waals surface area (Å²) in [6.45, 7) is 9.73. The van der Waals surface area contributed by atoms with Gasteiger partial charge in [-0.3, -0.25) is 4.99 Å². The van der Waals surface area contributed by atoms with E-state index in [0.717, 1.165) is 24.1 Å². The molecule has 1 N–H and O–H groups in total. The van der Waals surface area contributed by atoms with E-state index >= 15 is 0 Å². The van der Waals surface area contributed by atoms with Gasteiger partial charge in [0.25, 0.3) is 0 Å². The van der Waals surface area contributed by atoms with Crippen LogP contribution in [0.4, 0.5) is 0 Å². The number of likely N-dealkylation sites (tertiary alicyclic amines) is 1. The Morgan fingerprint density at radius 1 is 1.33 bits per heavy atom. The van der Waals surface area contributed by atoms with E-state index in [0.29, 0.717) is 5.41 Å². The van der Waals surface area contributed by atoms with Crippen molar-refractivity contribution in [1.82, 2.24) is 15.2 Å². The Balaban J connectivity index is 0.00000208. The average molecular weight is 462 g/mol. The Morgan fingerprint density at radius 2 is 2.04 bits per heavy atom. The van der Waals surface area contributed by atoms with Crippen molar-refractivity contribution in [3.05, 3.63) is 16.1 Å². The van der Waals surface area contributed by atoms with Crippen LogP contribution in [0.3, 0.4) is 0 Å². The number of hydrogen-bond acceptors (Lipinski definition) is 3. The number of aromatic nitrogens is 1. The minimum absolute atomic E-state index is 0. The third kappa shape index (κ3) is 4.42. The Bertz CT molecular complexity index is 570. The van der Waals surface area contributed by atoms with E-state index < -0.39 is 0 Å². The summed E-state index contributed by atoms with van der Waals surface area (Å²) in [7, 11) is 1.89. The maximum atomic E-state index is 4.77. The Kier molecular flexibility index (Phi) is 6.56. The highest BCUT2D eigenvalue weighted by Gasteiger charge is 2.41. The molecule has 0 aromatic carbocycles. The van der Waals surface area contributed by atoms with Gasteiger partial charge in [0.2, 0.25) is 0 Å². The molecule has 2 fully saturated rings. The van der Waals surface area contributed by atoms with E-state index in [1.807, 2.05) is 7.05 Å². The molecule has 3 rings (SSSR count). The fourth-order valence-corrected chi connectivity index (χ4v) is 4.83. The fourth-order valence-electron chi connectivity index (χ4n) is 3.87. The predicted molar refractivity (Wildman–Crippen MR) is 114 cm³/mol. The van der Waals surface area contributed by atoms with E-state index in [2.05, 4.69) is 41.4 Å². The van der Waals surface area contributed by atoms with Gasteiger partial charge in [-0.05, 0) is 24.7 Å². The first-order valence-electron chi connectivity index (χ1n) is 8.82. The summed E-state index contributed by atoms with van der Waals surface area (Å²) in [6, 6.07) is 0. The molecule has 0 atom stereocenters. The van der Waals surface area contributed by atoms with Crippen LogP contribution in [0.2, 0.25) is 0 Å². The highest BCUT2D eigenvalue weighted by Crippen LogP contribution is 2.45. The number of halogens is 1. The molecule has 0 amide bonds. The van der Waals surface area contributed by atoms with Gasteiger partial charge in [-0.25, -0.2) is 4.98 Å². The number of thiazole rings is 1. The summed E-state index contributed by atoms with van der Waals surface area (Å²) in [4.78, 5) is 11.7. The molecule has 0 unspecified atom stereocenters. The number of rotatable bonds is 2. The van der Waals surface area contributed by atoms with Crippen molar-refractivity contribution in [1.29, 1.82) is 0 Å². The minimum Gasteiger partial charge on any atom is -0.350 e. The number of nitrogens with zero attached hydrogens (tertiary/aromatic N) is 3. The Labute approximate surface area is 167 Å². The highest BCUT2D eigenvalue weighted by atomic mass is 127. The van der Waals surface area contributed by atoms with E-state index in [9.17, 15) is 0 Å². The number of guanidine groups is 1. The molecule has 2 heterocycles. The van der Waals surface area contributed by atoms with Gasteiger partial charge in [0.05, 0.1) is 12.2 Å². The molecule has 1 aromatic heterocycles. The third-order valence-corrected chi connectivity index (χ3v) is 6.18. The highest BCUT2D eigenvalue weighted by molar-refractivity contribution is 14.0. The molecular weight excluding hydrogens is 431 g/mol. The van der Waals surface area contributed by atoms with Crippen LogP contribution >= 0.6 is 35.3 Å². The molecule has 1 aliphatic carbocycles. The first kappa shape index (κ1) is 19.9. The standard InChI is InChI=1S/C18H30N4S.HI/c1-17(2,3)14-12-23-15(21-14)11-20-16(19-4)22-10-9-18(13-22)7-5-6-8-18;/h12H,5-11,13H2,1-4H3,(H,19,20);1H. The van der Waals surface area contributed by atoms with Gasteiger partial charge in [0.1, 0.15) is 5.01 Å². The van der Waals surface area contributed by atoms with Gasteiger partial charge in [-0.15, -0.1) is 35.3 Å². The Morgan fingerprint density at radius 3 is 2.62 bits per heavy atom. The zero-order chi connectivity index (χ0) is 16.5. The molecule has 1 saturated carbocycles. The van der Waals surface area contributed by atoms with Crippen molar-refractivity contribution in [2.24, 2.45) is 10.4 Å². The number of hydrogen-bond donors (Lipinski definition) is 1. The van der Waals surface area contributed by atoms with Crippen molar-refractivity contribution in [2.75, 3.05) is 20.1 Å². The van der Waals surface area contributed by atoms with Gasteiger partial charge < -0.3 is 10.2 Å². The summed E-state index contributed by atoms with van der Waals surface area (Å²) in [5.74, 6) is 1.04. The van der Waals surface area contributed by atoms with Gasteiger partial charge in [0, 0.05) is 30.9 Å². The lowest BCUT2D eigenvalue weighted by molar-refractivity contribution is 0.309. The predicted octanol–water partition coefficient (Wildman–Crippen LogP) is 4.40. The van der Waals surface area contributed by atoms with Crippen LogP contribution in [-0.2, 0) is 12.0 Å². The van der Waals surface area contributed by atoms with Crippen LogP contribution in [0.25, 0.3) is 0 Å². The van der Waals surface area contributed by atoms with E-state index in [1.54, 1.807) is 11.3 Å². The molecule has 1 aromatic rings. The van der Waals surface area contributed by atoms with Crippen LogP contribution in [0.1, 0.15) is 63.6 Å². The molecule has 2 aliphatic rings. The minimum atomic E-state index is 0. The zero-order valence-corrected chi connectivity index (χ0v) is 18.5. The van der Waals surface area contributed by atoms with Crippen LogP contribution in [0.5, 0.6) is 0 Å². The molecule has 6 heteroatoms. The number of nitrogens with one attached hydrogen (secondary N) is 1. The SMILES string of the molecule is CN=C(NCc1nc(C(C)(C)C)cs1)N1CCC2(CCCC2)C1.I. The fraction of sp³-hybridized carbons (Fsp3) is 0.778. The molecule has 1 spiro atoms. The molecule has 1 saturated heterocycles. The monoisotopic (exact) mass is 462 g/mol. The lowest BCUT2D eigenvalue weighted by Crippen LogP contribution is -2.40. The Hall–Kier alpha value is -0.370. The van der Waals surface area contributed by atoms with Gasteiger partial charge in [-0.1, -0.05) is 33.6 Å². The van der Waals surface area contributed by atoms with Crippen LogP contribution in [0.15, 0.2) is 10.4 Å². The zero-order valence-electron chi connectivity index (χ0n) is 15.4. The second kappa shape index (κ2) is 7.89. The van der Waals surface area contributed by atoms with Gasteiger partial charge >= 0.3 is 0 Å². The van der Waals surface area contributed by atoms with Crippen molar-refractivity contribution in [2.45, 2.75) is 64.8 Å². The molecule has 1 aliphatic heterocycles. The van der Waals surface area contributed by atoms with Crippen molar-refractivity contribution < 1.29 is 0 Å². The topological polar surface area (TPSA) is 40.5 Å². The summed E-state index contributed by atoms with van der Waals surface area (Å²) in [5.41, 5.74) is 1.89. The quantitative estimate of drug-likeness (QED) is 0.403. The van der Waals surface area contributed by atoms with Crippen molar-refractivity contribution in [3.63, 3.8) is 0 Å². The largest absolute Gasteiger partial charge is 0.350 e.